The zero-order chi connectivity index (χ0) is 81.8. The third-order valence-electron chi connectivity index (χ3n) is 20.9. The number of carboxylic acids is 2. The van der Waals surface area contributed by atoms with Crippen LogP contribution in [0.1, 0.15) is 218 Å². The number of aliphatic carboxylic acids is 2. The summed E-state index contributed by atoms with van der Waals surface area (Å²) in [7, 11) is 0. The third-order valence-corrected chi connectivity index (χ3v) is 21.4. The number of carbonyl (C=O) groups excluding carboxylic acids is 8. The fraction of sp³-hybridized carbons (Fsp3) is 0.699. The fourth-order valence-electron chi connectivity index (χ4n) is 15.6. The van der Waals surface area contributed by atoms with Gasteiger partial charge in [0.15, 0.2) is 0 Å². The summed E-state index contributed by atoms with van der Waals surface area (Å²) in [5.74, 6) is -3.30. The molecule has 113 heavy (non-hydrogen) atoms. The Balaban J connectivity index is 0.000000208. The molecule has 5 fully saturated rings. The lowest BCUT2D eigenvalue weighted by Gasteiger charge is -2.31. The summed E-state index contributed by atoms with van der Waals surface area (Å²) in [4.78, 5) is 156. The summed E-state index contributed by atoms with van der Waals surface area (Å²) in [6.45, 7) is 28.9. The SMILES string of the molecule is CC(C)(C)OC(=O)C1CCCN1C(=O)CBr.CC(C)(C)OC(=O)C1CCCN1C(=O)CN1CCCCCN(CC(=O)N2CCCC2C(=O)OC(C)(C)C)Cc2cccc(n2)C1.O=C(O)C1CCCN1C(=O)CN1CCCCCN(CC(=O)N2CCCC2C(=O)O)Cc2cccc(n2)C1.c1cc2nc(c1)CNCCCCCNC2. The van der Waals surface area contributed by atoms with Gasteiger partial charge in [-0.15, -0.1) is 0 Å². The Hall–Kier alpha value is -7.61. The number of alkyl halides is 1. The molecular formula is C83H127BrN14O15. The normalized spacial score (nSPS) is 22.2. The average Bonchev–Trinajstić information content (AvgIpc) is 1.82. The summed E-state index contributed by atoms with van der Waals surface area (Å²) < 4.78 is 16.5. The maximum Gasteiger partial charge on any atom is 0.329 e. The van der Waals surface area contributed by atoms with Gasteiger partial charge in [-0.2, -0.15) is 0 Å². The van der Waals surface area contributed by atoms with Gasteiger partial charge in [-0.1, -0.05) is 53.4 Å². The highest BCUT2D eigenvalue weighted by Crippen LogP contribution is 2.28. The Bertz CT molecular complexity index is 3460. The van der Waals surface area contributed by atoms with E-state index >= 15 is 0 Å². The molecule has 0 saturated carbocycles. The number of rotatable bonds is 14. The van der Waals surface area contributed by atoms with Crippen LogP contribution in [0.2, 0.25) is 0 Å². The number of esters is 3. The van der Waals surface area contributed by atoms with Crippen molar-refractivity contribution in [3.05, 3.63) is 88.8 Å². The van der Waals surface area contributed by atoms with E-state index in [1.165, 1.54) is 29.1 Å². The number of pyridine rings is 3. The van der Waals surface area contributed by atoms with E-state index in [4.69, 9.17) is 24.2 Å². The smallest absolute Gasteiger partial charge is 0.329 e. The molecule has 11 heterocycles. The van der Waals surface area contributed by atoms with Crippen LogP contribution in [0.25, 0.3) is 0 Å². The minimum atomic E-state index is -0.944. The Morgan fingerprint density at radius 2 is 0.602 bits per heavy atom. The summed E-state index contributed by atoms with van der Waals surface area (Å²) >= 11 is 3.12. The molecule has 5 amide bonds. The molecule has 0 aromatic carbocycles. The molecule has 8 aliphatic heterocycles. The van der Waals surface area contributed by atoms with Crippen molar-refractivity contribution in [2.75, 3.05) is 104 Å². The molecule has 5 saturated heterocycles. The van der Waals surface area contributed by atoms with Crippen molar-refractivity contribution in [1.29, 1.82) is 0 Å². The zero-order valence-electron chi connectivity index (χ0n) is 68.5. The molecule has 8 aliphatic rings. The molecule has 29 nitrogen and oxygen atoms in total. The molecule has 5 atom stereocenters. The predicted molar refractivity (Wildman–Crippen MR) is 429 cm³/mol. The number of fused-ring (bicyclic) bond motifs is 6. The maximum absolute atomic E-state index is 13.5. The Morgan fingerprint density at radius 3 is 0.876 bits per heavy atom. The molecule has 0 radical (unpaired) electrons. The second-order valence-electron chi connectivity index (χ2n) is 33.9. The van der Waals surface area contributed by atoms with Gasteiger partial charge in [-0.25, -0.2) is 24.0 Å². The summed E-state index contributed by atoms with van der Waals surface area (Å²) in [5, 5.41) is 26.0. The van der Waals surface area contributed by atoms with Crippen LogP contribution in [0.3, 0.4) is 0 Å². The second-order valence-corrected chi connectivity index (χ2v) is 34.4. The molecule has 4 N–H and O–H groups in total. The minimum absolute atomic E-state index is 0.0478. The van der Waals surface area contributed by atoms with Crippen LogP contribution >= 0.6 is 15.9 Å². The van der Waals surface area contributed by atoms with Crippen molar-refractivity contribution in [2.45, 2.75) is 271 Å². The lowest BCUT2D eigenvalue weighted by Crippen LogP contribution is -2.47. The van der Waals surface area contributed by atoms with Gasteiger partial charge >= 0.3 is 29.8 Å². The topological polar surface area (TPSA) is 331 Å². The van der Waals surface area contributed by atoms with Crippen molar-refractivity contribution in [3.63, 3.8) is 0 Å². The predicted octanol–water partition coefficient (Wildman–Crippen LogP) is 7.71. The van der Waals surface area contributed by atoms with Crippen LogP contribution < -0.4 is 10.6 Å². The van der Waals surface area contributed by atoms with E-state index in [1.54, 1.807) is 14.7 Å². The fourth-order valence-corrected chi connectivity index (χ4v) is 15.9. The van der Waals surface area contributed by atoms with Gasteiger partial charge in [0.2, 0.25) is 29.5 Å². The zero-order valence-corrected chi connectivity index (χ0v) is 70.1. The molecule has 11 rings (SSSR count). The van der Waals surface area contributed by atoms with Gasteiger partial charge < -0.3 is 59.6 Å². The van der Waals surface area contributed by atoms with Crippen molar-refractivity contribution in [3.8, 4) is 0 Å². The number of ether oxygens (including phenoxy) is 3. The second kappa shape index (κ2) is 44.5. The van der Waals surface area contributed by atoms with Crippen molar-refractivity contribution in [2.24, 2.45) is 0 Å². The molecule has 0 aliphatic carbocycles. The highest BCUT2D eigenvalue weighted by atomic mass is 79.9. The van der Waals surface area contributed by atoms with E-state index in [1.807, 2.05) is 109 Å². The number of halogens is 1. The number of nitrogens with one attached hydrogen (secondary N) is 2. The standard InChI is InChI=1S/C34H53N5O6.C26H37N5O6.C12H19N3.C11H18BrNO3/c1-33(2,3)44-31(42)27-15-11-19-38(27)29(40)23-36-17-8-7-9-18-37(22-26-14-10-13-25(21-36)35-26)24-30(41)39-20-12-16-28(39)32(43)45-34(4,5)6;32-23(30-13-5-9-21(30)25(34)35)17-28-11-2-1-3-12-29(16-20-8-4-7-19(15-28)27-20)18-24(33)31-14-6-10-22(31)26(36)37;1-2-7-13-9-11-5-4-6-12(15-11)10-14-8-3-1;1-11(2,3)16-10(15)8-5-4-6-13(8)9(14)7-12/h10,13-14,27-28H,7-9,11-12,15-24H2,1-6H3;4,7-8,21-22H,1-3,5-6,9-18H2,(H,34,35)(H,36,37);4-6,13-14H,1-3,7-10H2;8H,4-7H2,1-3H3. The number of carboxylic acid groups (broad SMARTS) is 2. The molecule has 0 spiro atoms. The Morgan fingerprint density at radius 1 is 0.354 bits per heavy atom. The van der Waals surface area contributed by atoms with Crippen molar-refractivity contribution < 1.29 is 72.4 Å². The molecule has 3 aromatic rings. The van der Waals surface area contributed by atoms with Gasteiger partial charge in [0.05, 0.1) is 65.7 Å². The number of amides is 5. The number of hydrogen-bond acceptors (Lipinski definition) is 22. The van der Waals surface area contributed by atoms with Crippen LogP contribution in [0.5, 0.6) is 0 Å². The molecule has 6 bridgehead atoms. The van der Waals surface area contributed by atoms with Crippen molar-refractivity contribution in [1.82, 2.24) is 69.7 Å². The molecule has 30 heteroatoms. The first-order chi connectivity index (χ1) is 53.8. The van der Waals surface area contributed by atoms with Gasteiger partial charge in [0.25, 0.3) is 0 Å². The van der Waals surface area contributed by atoms with Crippen LogP contribution in [-0.4, -0.2) is 279 Å². The van der Waals surface area contributed by atoms with E-state index in [0.29, 0.717) is 117 Å². The first-order valence-electron chi connectivity index (χ1n) is 41.1. The lowest BCUT2D eigenvalue weighted by atomic mass is 10.1. The van der Waals surface area contributed by atoms with Crippen LogP contribution in [-0.2, 0) is 101 Å². The Labute approximate surface area is 676 Å². The molecule has 3 aromatic heterocycles. The van der Waals surface area contributed by atoms with Gasteiger partial charge in [-0.3, -0.25) is 58.5 Å². The van der Waals surface area contributed by atoms with E-state index in [9.17, 15) is 58.2 Å². The quantitative estimate of drug-likeness (QED) is 0.0681. The maximum atomic E-state index is 13.5. The van der Waals surface area contributed by atoms with Crippen LogP contribution in [0.15, 0.2) is 54.6 Å². The Kier molecular flexibility index (Phi) is 35.8. The van der Waals surface area contributed by atoms with E-state index in [2.05, 4.69) is 59.5 Å². The van der Waals surface area contributed by atoms with E-state index in [0.717, 1.165) is 131 Å². The van der Waals surface area contributed by atoms with Crippen molar-refractivity contribution >= 4 is 75.3 Å². The number of nitrogens with zero attached hydrogens (tertiary/aromatic N) is 12. The monoisotopic (exact) mass is 1640 g/mol. The number of aromatic nitrogens is 3. The van der Waals surface area contributed by atoms with Crippen LogP contribution in [0.4, 0.5) is 0 Å². The third kappa shape index (κ3) is 30.5. The summed E-state index contributed by atoms with van der Waals surface area (Å²) in [6, 6.07) is 15.0. The molecule has 5 unspecified atom stereocenters. The van der Waals surface area contributed by atoms with E-state index in [-0.39, 0.29) is 79.0 Å². The number of carbonyl (C=O) groups is 10. The first kappa shape index (κ1) is 90.9. The first-order valence-corrected chi connectivity index (χ1v) is 42.2. The van der Waals surface area contributed by atoms with Gasteiger partial charge in [0, 0.05) is 72.0 Å². The molecular weight excluding hydrogens is 1510 g/mol. The van der Waals surface area contributed by atoms with Crippen LogP contribution in [0, 0.1) is 0 Å². The van der Waals surface area contributed by atoms with E-state index < -0.39 is 59.0 Å². The largest absolute Gasteiger partial charge is 0.480 e. The molecule has 626 valence electrons. The number of hydrogen-bond donors (Lipinski definition) is 4. The minimum Gasteiger partial charge on any atom is -0.480 e. The highest BCUT2D eigenvalue weighted by molar-refractivity contribution is 9.09. The van der Waals surface area contributed by atoms with Gasteiger partial charge in [0.1, 0.15) is 47.0 Å². The van der Waals surface area contributed by atoms with Gasteiger partial charge in [-0.05, 0) is 241 Å². The number of likely N-dealkylation sites (tertiary alicyclic amines) is 5. The summed E-state index contributed by atoms with van der Waals surface area (Å²) in [5.41, 5.74) is 3.97. The average molecular weight is 1640 g/mol. The summed E-state index contributed by atoms with van der Waals surface area (Å²) in [6.07, 6.45) is 16.0. The lowest BCUT2D eigenvalue weighted by molar-refractivity contribution is -0.163. The highest BCUT2D eigenvalue weighted by Gasteiger charge is 2.42.